The predicted molar refractivity (Wildman–Crippen MR) is 109 cm³/mol. The van der Waals surface area contributed by atoms with Gasteiger partial charge in [0, 0.05) is 16.5 Å². The lowest BCUT2D eigenvalue weighted by Crippen LogP contribution is -2.16. The molecule has 0 bridgehead atoms. The van der Waals surface area contributed by atoms with E-state index < -0.39 is 11.9 Å². The number of aromatic nitrogens is 1. The van der Waals surface area contributed by atoms with E-state index in [1.807, 2.05) is 5.38 Å². The normalized spacial score (nSPS) is 11.0. The van der Waals surface area contributed by atoms with Crippen molar-refractivity contribution in [1.29, 1.82) is 0 Å². The van der Waals surface area contributed by atoms with Gasteiger partial charge in [0.05, 0.1) is 36.8 Å². The number of amides is 1. The van der Waals surface area contributed by atoms with Crippen molar-refractivity contribution in [3.05, 3.63) is 40.4 Å². The third-order valence-electron chi connectivity index (χ3n) is 3.64. The van der Waals surface area contributed by atoms with Gasteiger partial charge in [0.2, 0.25) is 5.91 Å². The van der Waals surface area contributed by atoms with Crippen molar-refractivity contribution in [1.82, 2.24) is 4.98 Å². The average molecular weight is 423 g/mol. The van der Waals surface area contributed by atoms with Gasteiger partial charge in [-0.3, -0.25) is 4.79 Å². The number of benzene rings is 1. The van der Waals surface area contributed by atoms with Gasteiger partial charge in [0.25, 0.3) is 0 Å². The molecule has 0 saturated carbocycles. The number of anilines is 1. The lowest BCUT2D eigenvalue weighted by atomic mass is 9.93. The number of nitrogens with one attached hydrogen (secondary N) is 1. The third-order valence-corrected chi connectivity index (χ3v) is 5.66. The maximum Gasteiger partial charge on any atom is 0.337 e. The quantitative estimate of drug-likeness (QED) is 0.560. The maximum atomic E-state index is 12.3. The molecule has 0 radical (unpaired) electrons. The second kappa shape index (κ2) is 9.20. The topological polar surface area (TPSA) is 94.6 Å². The fraction of sp³-hybridized carbons (Fsp3) is 0.368. The Morgan fingerprint density at radius 1 is 1.07 bits per heavy atom. The van der Waals surface area contributed by atoms with Crippen molar-refractivity contribution in [3.8, 4) is 0 Å². The van der Waals surface area contributed by atoms with Gasteiger partial charge >= 0.3 is 11.9 Å². The lowest BCUT2D eigenvalue weighted by Gasteiger charge is -2.14. The van der Waals surface area contributed by atoms with Gasteiger partial charge in [0.1, 0.15) is 0 Å². The third kappa shape index (κ3) is 5.80. The van der Waals surface area contributed by atoms with Crippen molar-refractivity contribution in [3.63, 3.8) is 0 Å². The molecule has 0 aliphatic rings. The summed E-state index contributed by atoms with van der Waals surface area (Å²) in [5.74, 6) is -1.37. The van der Waals surface area contributed by atoms with Crippen LogP contribution in [0.4, 0.5) is 5.69 Å². The predicted octanol–water partition coefficient (Wildman–Crippen LogP) is 3.74. The molecule has 0 saturated heterocycles. The Kier molecular flexibility index (Phi) is 7.20. The Hall–Kier alpha value is -2.39. The highest BCUT2D eigenvalue weighted by Crippen LogP contribution is 2.29. The van der Waals surface area contributed by atoms with Crippen LogP contribution < -0.4 is 5.32 Å². The molecule has 1 amide bonds. The SMILES string of the molecule is COC(=O)c1cc(NC(=O)CSc2nc(C(C)(C)C)cs2)cc(C(=O)OC)c1. The van der Waals surface area contributed by atoms with Crippen LogP contribution in [0, 0.1) is 0 Å². The number of hydrogen-bond donors (Lipinski definition) is 1. The van der Waals surface area contributed by atoms with E-state index in [4.69, 9.17) is 0 Å². The van der Waals surface area contributed by atoms with E-state index in [1.165, 1.54) is 55.5 Å². The molecule has 0 atom stereocenters. The van der Waals surface area contributed by atoms with E-state index in [-0.39, 0.29) is 28.2 Å². The van der Waals surface area contributed by atoms with Gasteiger partial charge in [-0.1, -0.05) is 32.5 Å². The summed E-state index contributed by atoms with van der Waals surface area (Å²) >= 11 is 2.82. The highest BCUT2D eigenvalue weighted by Gasteiger charge is 2.18. The molecule has 9 heteroatoms. The highest BCUT2D eigenvalue weighted by molar-refractivity contribution is 8.01. The molecule has 150 valence electrons. The highest BCUT2D eigenvalue weighted by atomic mass is 32.2. The lowest BCUT2D eigenvalue weighted by molar-refractivity contribution is -0.113. The molecule has 1 aromatic carbocycles. The molecule has 1 N–H and O–H groups in total. The number of methoxy groups -OCH3 is 2. The standard InChI is InChI=1S/C19H22N2O5S2/c1-19(2,3)14-9-27-18(21-14)28-10-15(22)20-13-7-11(16(23)25-4)6-12(8-13)17(24)26-5/h6-9H,10H2,1-5H3,(H,20,22). The van der Waals surface area contributed by atoms with Gasteiger partial charge in [0.15, 0.2) is 4.34 Å². The molecule has 0 spiro atoms. The zero-order valence-electron chi connectivity index (χ0n) is 16.3. The number of hydrogen-bond acceptors (Lipinski definition) is 8. The van der Waals surface area contributed by atoms with Gasteiger partial charge in [-0.25, -0.2) is 14.6 Å². The van der Waals surface area contributed by atoms with E-state index in [0.29, 0.717) is 5.69 Å². The molecule has 0 aliphatic carbocycles. The molecule has 0 aliphatic heterocycles. The minimum absolute atomic E-state index is 0.0455. The summed E-state index contributed by atoms with van der Waals surface area (Å²) in [5.41, 5.74) is 1.53. The first-order chi connectivity index (χ1) is 13.1. The van der Waals surface area contributed by atoms with Crippen LogP contribution in [0.25, 0.3) is 0 Å². The van der Waals surface area contributed by atoms with Crippen LogP contribution in [0.15, 0.2) is 27.9 Å². The molecule has 2 aromatic rings. The van der Waals surface area contributed by atoms with Gasteiger partial charge < -0.3 is 14.8 Å². The molecule has 28 heavy (non-hydrogen) atoms. The molecule has 2 rings (SSSR count). The van der Waals surface area contributed by atoms with Crippen molar-refractivity contribution < 1.29 is 23.9 Å². The number of nitrogens with zero attached hydrogens (tertiary/aromatic N) is 1. The minimum Gasteiger partial charge on any atom is -0.465 e. The van der Waals surface area contributed by atoms with Crippen molar-refractivity contribution >= 4 is 46.6 Å². The van der Waals surface area contributed by atoms with Crippen molar-refractivity contribution in [2.24, 2.45) is 0 Å². The van der Waals surface area contributed by atoms with E-state index in [2.05, 4.69) is 40.5 Å². The van der Waals surface area contributed by atoms with Crippen LogP contribution in [0.5, 0.6) is 0 Å². The van der Waals surface area contributed by atoms with Crippen molar-refractivity contribution in [2.75, 3.05) is 25.3 Å². The number of thiazole rings is 1. The van der Waals surface area contributed by atoms with Crippen LogP contribution in [-0.2, 0) is 19.7 Å². The average Bonchev–Trinajstić information content (AvgIpc) is 3.14. The first kappa shape index (κ1) is 21.9. The van der Waals surface area contributed by atoms with Crippen LogP contribution in [0.3, 0.4) is 0 Å². The first-order valence-electron chi connectivity index (χ1n) is 8.34. The van der Waals surface area contributed by atoms with Gasteiger partial charge in [-0.2, -0.15) is 0 Å². The monoisotopic (exact) mass is 422 g/mol. The van der Waals surface area contributed by atoms with Crippen LogP contribution in [-0.4, -0.2) is 42.8 Å². The van der Waals surface area contributed by atoms with E-state index in [1.54, 1.807) is 0 Å². The van der Waals surface area contributed by atoms with Crippen LogP contribution in [0.1, 0.15) is 47.2 Å². The summed E-state index contributed by atoms with van der Waals surface area (Å²) in [7, 11) is 2.48. The Morgan fingerprint density at radius 3 is 2.11 bits per heavy atom. The van der Waals surface area contributed by atoms with Gasteiger partial charge in [-0.15, -0.1) is 11.3 Å². The number of carbonyl (C=O) groups excluding carboxylic acids is 3. The van der Waals surface area contributed by atoms with Crippen LogP contribution >= 0.6 is 23.1 Å². The molecule has 0 unspecified atom stereocenters. The summed E-state index contributed by atoms with van der Waals surface area (Å²) in [4.78, 5) is 40.5. The second-order valence-electron chi connectivity index (χ2n) is 6.87. The smallest absolute Gasteiger partial charge is 0.337 e. The number of rotatable bonds is 6. The first-order valence-corrected chi connectivity index (χ1v) is 10.2. The Balaban J connectivity index is 2.09. The molecular formula is C19H22N2O5S2. The molecule has 1 aromatic heterocycles. The summed E-state index contributed by atoms with van der Waals surface area (Å²) < 4.78 is 10.2. The second-order valence-corrected chi connectivity index (χ2v) is 8.95. The minimum atomic E-state index is -0.617. The number of ether oxygens (including phenoxy) is 2. The van der Waals surface area contributed by atoms with E-state index in [9.17, 15) is 14.4 Å². The number of esters is 2. The van der Waals surface area contributed by atoms with E-state index >= 15 is 0 Å². The maximum absolute atomic E-state index is 12.3. The largest absolute Gasteiger partial charge is 0.465 e. The molecule has 1 heterocycles. The van der Waals surface area contributed by atoms with Crippen molar-refractivity contribution in [2.45, 2.75) is 30.5 Å². The fourth-order valence-electron chi connectivity index (χ4n) is 2.16. The molecular weight excluding hydrogens is 400 g/mol. The van der Waals surface area contributed by atoms with Gasteiger partial charge in [-0.05, 0) is 18.2 Å². The van der Waals surface area contributed by atoms with E-state index in [0.717, 1.165) is 10.0 Å². The number of carbonyl (C=O) groups is 3. The molecule has 0 fully saturated rings. The summed E-state index contributed by atoms with van der Waals surface area (Å²) in [6, 6.07) is 4.25. The Morgan fingerprint density at radius 2 is 1.64 bits per heavy atom. The Bertz CT molecular complexity index is 852. The fourth-order valence-corrected chi connectivity index (χ4v) is 4.02. The summed E-state index contributed by atoms with van der Waals surface area (Å²) in [6.45, 7) is 6.24. The number of thioether (sulfide) groups is 1. The summed E-state index contributed by atoms with van der Waals surface area (Å²) in [6.07, 6.45) is 0. The summed E-state index contributed by atoms with van der Waals surface area (Å²) in [5, 5.41) is 4.68. The molecule has 7 nitrogen and oxygen atoms in total. The van der Waals surface area contributed by atoms with Crippen LogP contribution in [0.2, 0.25) is 0 Å². The zero-order chi connectivity index (χ0) is 20.9. The Labute approximate surface area is 171 Å². The zero-order valence-corrected chi connectivity index (χ0v) is 18.0.